The molecule has 9 nitrogen and oxygen atoms in total. The zero-order chi connectivity index (χ0) is 48.3. The summed E-state index contributed by atoms with van der Waals surface area (Å²) in [6.45, 7) is 0. The summed E-state index contributed by atoms with van der Waals surface area (Å²) in [6.07, 6.45) is 1.29. The molecule has 70 heavy (non-hydrogen) atoms. The Balaban J connectivity index is 1.25. The van der Waals surface area contributed by atoms with Crippen LogP contribution in [0.15, 0.2) is 197 Å². The Morgan fingerprint density at radius 2 is 0.529 bits per heavy atom. The molecule has 0 saturated carbocycles. The molecule has 9 aromatic rings. The molecule has 3 N–H and O–H groups in total. The molecule has 9 aromatic carbocycles. The molecule has 0 radical (unpaired) electrons. The molecule has 0 unspecified atom stereocenters. The van der Waals surface area contributed by atoms with Gasteiger partial charge in [-0.3, -0.25) is 13.7 Å². The molecule has 0 amide bonds. The SMILES string of the molecule is O=S(=O)(O)c1cccc(P(c2cccc(S(=O)(=O)O)c2-c2cccc3c2Cc2ccccc2-3)c2cccc(S(=O)(=O)O)c2-c2cccc3c2Cc2ccccc2-3)c1-c1cccc2c1Cc1ccccc1-2. The van der Waals surface area contributed by atoms with Crippen molar-refractivity contribution in [2.75, 3.05) is 0 Å². The van der Waals surface area contributed by atoms with Crippen molar-refractivity contribution in [3.05, 3.63) is 215 Å². The van der Waals surface area contributed by atoms with Gasteiger partial charge in [-0.25, -0.2) is 0 Å². The summed E-state index contributed by atoms with van der Waals surface area (Å²) in [4.78, 5) is -1.23. The maximum atomic E-state index is 14.0. The Labute approximate surface area is 406 Å². The molecule has 0 heterocycles. The fraction of sp³-hybridized carbons (Fsp3) is 0.0526. The summed E-state index contributed by atoms with van der Waals surface area (Å²) >= 11 is 0. The fourth-order valence-corrected chi connectivity index (χ4v) is 16.4. The van der Waals surface area contributed by atoms with Crippen LogP contribution in [0, 0.1) is 0 Å². The molecular formula is C57H39O9PS3. The Bertz CT molecular complexity index is 3670. The van der Waals surface area contributed by atoms with Gasteiger partial charge in [0.2, 0.25) is 0 Å². The second-order valence-electron chi connectivity index (χ2n) is 17.7. The number of fused-ring (bicyclic) bond motifs is 9. The molecule has 0 bridgehead atoms. The van der Waals surface area contributed by atoms with Gasteiger partial charge in [0.15, 0.2) is 0 Å². The first-order chi connectivity index (χ1) is 33.7. The van der Waals surface area contributed by atoms with E-state index in [9.17, 15) is 38.9 Å². The van der Waals surface area contributed by atoms with Gasteiger partial charge in [-0.15, -0.1) is 0 Å². The molecule has 0 spiro atoms. The highest BCUT2D eigenvalue weighted by atomic mass is 32.2. The summed E-state index contributed by atoms with van der Waals surface area (Å²) in [6, 6.07) is 54.2. The molecule has 3 aliphatic carbocycles. The zero-order valence-corrected chi connectivity index (χ0v) is 40.2. The van der Waals surface area contributed by atoms with Crippen LogP contribution in [-0.4, -0.2) is 38.9 Å². The molecule has 13 heteroatoms. The quantitative estimate of drug-likeness (QED) is 0.0943. The van der Waals surface area contributed by atoms with Crippen LogP contribution in [0.2, 0.25) is 0 Å². The van der Waals surface area contributed by atoms with Gasteiger partial charge in [0, 0.05) is 16.7 Å². The summed E-state index contributed by atoms with van der Waals surface area (Å²) in [7, 11) is -17.4. The van der Waals surface area contributed by atoms with Crippen LogP contribution in [0.5, 0.6) is 0 Å². The van der Waals surface area contributed by atoms with E-state index >= 15 is 0 Å². The van der Waals surface area contributed by atoms with Crippen molar-refractivity contribution in [3.8, 4) is 66.8 Å². The summed E-state index contributed by atoms with van der Waals surface area (Å²) in [5.41, 5.74) is 12.9. The number of hydrogen-bond acceptors (Lipinski definition) is 6. The van der Waals surface area contributed by atoms with E-state index in [0.29, 0.717) is 51.9 Å². The Hall–Kier alpha value is -6.86. The smallest absolute Gasteiger partial charge is 0.282 e. The number of hydrogen-bond donors (Lipinski definition) is 3. The van der Waals surface area contributed by atoms with Crippen molar-refractivity contribution in [2.24, 2.45) is 0 Å². The molecule has 3 aliphatic rings. The number of benzene rings is 9. The van der Waals surface area contributed by atoms with Crippen LogP contribution in [0.3, 0.4) is 0 Å². The predicted octanol–water partition coefficient (Wildman–Crippen LogP) is 10.9. The average molecular weight is 995 g/mol. The first kappa shape index (κ1) is 44.4. The summed E-state index contributed by atoms with van der Waals surface area (Å²) in [5.74, 6) is 0. The number of rotatable bonds is 9. The van der Waals surface area contributed by atoms with Crippen molar-refractivity contribution in [1.82, 2.24) is 0 Å². The summed E-state index contributed by atoms with van der Waals surface area (Å²) in [5, 5.41) is 1.01. The minimum absolute atomic E-state index is 0.142. The topological polar surface area (TPSA) is 163 Å². The molecule has 0 aliphatic heterocycles. The van der Waals surface area contributed by atoms with Crippen molar-refractivity contribution < 1.29 is 38.9 Å². The van der Waals surface area contributed by atoms with Gasteiger partial charge in [-0.2, -0.15) is 25.3 Å². The molecule has 0 saturated heterocycles. The van der Waals surface area contributed by atoms with Crippen LogP contribution < -0.4 is 15.9 Å². The highest BCUT2D eigenvalue weighted by Gasteiger charge is 2.37. The van der Waals surface area contributed by atoms with Crippen LogP contribution in [0.25, 0.3) is 66.8 Å². The molecule has 12 rings (SSSR count). The van der Waals surface area contributed by atoms with Gasteiger partial charge >= 0.3 is 0 Å². The maximum Gasteiger partial charge on any atom is 0.295 e. The van der Waals surface area contributed by atoms with E-state index < -0.39 is 53.0 Å². The van der Waals surface area contributed by atoms with Crippen LogP contribution >= 0.6 is 7.92 Å². The van der Waals surface area contributed by atoms with Crippen LogP contribution in [0.4, 0.5) is 0 Å². The van der Waals surface area contributed by atoms with Gasteiger partial charge < -0.3 is 0 Å². The molecule has 0 aromatic heterocycles. The van der Waals surface area contributed by atoms with Crippen molar-refractivity contribution in [3.63, 3.8) is 0 Å². The lowest BCUT2D eigenvalue weighted by molar-refractivity contribution is 0.481. The van der Waals surface area contributed by atoms with E-state index in [1.807, 2.05) is 109 Å². The second kappa shape index (κ2) is 16.4. The van der Waals surface area contributed by atoms with E-state index in [4.69, 9.17) is 0 Å². The monoisotopic (exact) mass is 994 g/mol. The zero-order valence-electron chi connectivity index (χ0n) is 36.9. The van der Waals surface area contributed by atoms with Crippen molar-refractivity contribution >= 4 is 54.2 Å². The van der Waals surface area contributed by atoms with Gasteiger partial charge in [-0.05, 0) is 145 Å². The fourth-order valence-electron chi connectivity index (χ4n) is 11.1. The van der Waals surface area contributed by atoms with Gasteiger partial charge in [0.25, 0.3) is 30.4 Å². The van der Waals surface area contributed by atoms with E-state index in [1.54, 1.807) is 36.4 Å². The van der Waals surface area contributed by atoms with Crippen LogP contribution in [-0.2, 0) is 49.6 Å². The molecule has 344 valence electrons. The van der Waals surface area contributed by atoms with Crippen LogP contribution in [0.1, 0.15) is 33.4 Å². The predicted molar refractivity (Wildman–Crippen MR) is 276 cm³/mol. The third kappa shape index (κ3) is 7.13. The Morgan fingerprint density at radius 3 is 0.814 bits per heavy atom. The third-order valence-corrected chi connectivity index (χ3v) is 19.2. The van der Waals surface area contributed by atoms with Crippen molar-refractivity contribution in [1.29, 1.82) is 0 Å². The average Bonchev–Trinajstić information content (AvgIpc) is 4.05. The standard InChI is InChI=1S/C57H39O9PS3/c58-68(59,60)52-28-10-25-49(55(52)43-22-7-19-40-37-16-4-1-13-34(37)31-46(40)43)67(50-26-11-29-53(69(61,62)63)56(50)44-23-8-20-41-38-17-5-2-14-35(38)32-47(41)44)51-27-12-30-54(70(64,65)66)57(51)45-24-9-21-42-39-18-6-3-15-36(39)33-48(42)45/h1-30H,31-33H2,(H,58,59,60)(H,61,62,63)(H,64,65,66). The second-order valence-corrected chi connectivity index (χ2v) is 24.0. The minimum atomic E-state index is -5.01. The summed E-state index contributed by atoms with van der Waals surface area (Å²) < 4.78 is 118. The lowest BCUT2D eigenvalue weighted by Crippen LogP contribution is -2.28. The maximum absolute atomic E-state index is 14.0. The van der Waals surface area contributed by atoms with E-state index in [0.717, 1.165) is 66.8 Å². The Morgan fingerprint density at radius 1 is 0.286 bits per heavy atom. The lowest BCUT2D eigenvalue weighted by Gasteiger charge is -2.30. The van der Waals surface area contributed by atoms with E-state index in [1.165, 1.54) is 36.4 Å². The largest absolute Gasteiger partial charge is 0.295 e. The first-order valence-electron chi connectivity index (χ1n) is 22.4. The van der Waals surface area contributed by atoms with E-state index in [2.05, 4.69) is 0 Å². The highest BCUT2D eigenvalue weighted by molar-refractivity contribution is 7.87. The van der Waals surface area contributed by atoms with Gasteiger partial charge in [0.05, 0.1) is 0 Å². The molecule has 0 atom stereocenters. The Kier molecular flexibility index (Phi) is 10.4. The minimum Gasteiger partial charge on any atom is -0.282 e. The molecule has 0 fully saturated rings. The lowest BCUT2D eigenvalue weighted by atomic mass is 9.95. The molecular weight excluding hydrogens is 956 g/mol. The van der Waals surface area contributed by atoms with Gasteiger partial charge in [-0.1, -0.05) is 164 Å². The van der Waals surface area contributed by atoms with E-state index in [-0.39, 0.29) is 16.7 Å². The normalized spacial score (nSPS) is 13.4. The van der Waals surface area contributed by atoms with Crippen molar-refractivity contribution in [2.45, 2.75) is 33.9 Å². The third-order valence-electron chi connectivity index (χ3n) is 13.9. The van der Waals surface area contributed by atoms with Gasteiger partial charge in [0.1, 0.15) is 14.7 Å². The first-order valence-corrected chi connectivity index (χ1v) is 28.1. The highest BCUT2D eigenvalue weighted by Crippen LogP contribution is 2.52.